The van der Waals surface area contributed by atoms with Crippen molar-refractivity contribution in [3.8, 4) is 16.9 Å². The highest BCUT2D eigenvalue weighted by Gasteiger charge is 2.25. The van der Waals surface area contributed by atoms with Gasteiger partial charge in [-0.05, 0) is 23.3 Å². The van der Waals surface area contributed by atoms with Gasteiger partial charge >= 0.3 is 0 Å². The van der Waals surface area contributed by atoms with Gasteiger partial charge in [0.15, 0.2) is 13.2 Å². The van der Waals surface area contributed by atoms with Crippen molar-refractivity contribution in [2.45, 2.75) is 0 Å². The average Bonchev–Trinajstić information content (AvgIpc) is 2.79. The highest BCUT2D eigenvalue weighted by atomic mass is 16.5. The molecule has 1 aliphatic heterocycles. The monoisotopic (exact) mass is 412 g/mol. The summed E-state index contributed by atoms with van der Waals surface area (Å²) < 4.78 is 10.6. The number of hydrogen-bond acceptors (Lipinski definition) is 4. The van der Waals surface area contributed by atoms with Gasteiger partial charge in [0.1, 0.15) is 5.75 Å². The highest BCUT2D eigenvalue weighted by Crippen LogP contribution is 2.22. The van der Waals surface area contributed by atoms with Crippen LogP contribution in [-0.2, 0) is 14.3 Å². The molecule has 2 N–H and O–H groups in total. The number of amides is 2. The van der Waals surface area contributed by atoms with Gasteiger partial charge in [-0.15, -0.1) is 0 Å². The summed E-state index contributed by atoms with van der Waals surface area (Å²) in [5.74, 6) is 0.676. The second kappa shape index (κ2) is 11.3. The van der Waals surface area contributed by atoms with E-state index in [1.807, 2.05) is 47.4 Å². The van der Waals surface area contributed by atoms with E-state index in [0.29, 0.717) is 38.5 Å². The summed E-state index contributed by atoms with van der Waals surface area (Å²) in [7, 11) is 1.61. The summed E-state index contributed by atoms with van der Waals surface area (Å²) in [5, 5.41) is 2.83. The molecule has 0 bridgehead atoms. The van der Waals surface area contributed by atoms with Crippen LogP contribution in [0.3, 0.4) is 0 Å². The number of nitrogens with one attached hydrogen (secondary N) is 2. The van der Waals surface area contributed by atoms with Gasteiger partial charge in [0, 0.05) is 13.7 Å². The molecule has 0 saturated carbocycles. The van der Waals surface area contributed by atoms with E-state index in [1.54, 1.807) is 7.11 Å². The molecule has 3 rings (SSSR count). The van der Waals surface area contributed by atoms with Crippen LogP contribution in [0.2, 0.25) is 0 Å². The minimum absolute atomic E-state index is 0.0177. The van der Waals surface area contributed by atoms with Crippen molar-refractivity contribution in [3.05, 3.63) is 54.6 Å². The molecule has 1 aliphatic rings. The Morgan fingerprint density at radius 3 is 2.33 bits per heavy atom. The van der Waals surface area contributed by atoms with Gasteiger partial charge in [-0.1, -0.05) is 42.5 Å². The lowest BCUT2D eigenvalue weighted by Crippen LogP contribution is -3.15. The Hall–Kier alpha value is -2.90. The van der Waals surface area contributed by atoms with Crippen LogP contribution in [-0.4, -0.2) is 76.3 Å². The number of benzene rings is 2. The van der Waals surface area contributed by atoms with Crippen LogP contribution in [0.1, 0.15) is 0 Å². The first-order valence-electron chi connectivity index (χ1n) is 10.3. The zero-order valence-electron chi connectivity index (χ0n) is 17.4. The number of carbonyl (C=O) groups is 2. The lowest BCUT2D eigenvalue weighted by molar-refractivity contribution is -0.896. The third-order valence-electron chi connectivity index (χ3n) is 5.19. The number of methoxy groups -OCH3 is 1. The third kappa shape index (κ3) is 6.57. The topological polar surface area (TPSA) is 72.3 Å². The van der Waals surface area contributed by atoms with Crippen LogP contribution in [0.15, 0.2) is 54.6 Å². The molecule has 0 aromatic heterocycles. The highest BCUT2D eigenvalue weighted by molar-refractivity contribution is 5.78. The maximum atomic E-state index is 12.5. The molecular formula is C23H30N3O4+. The van der Waals surface area contributed by atoms with E-state index in [1.165, 1.54) is 4.90 Å². The van der Waals surface area contributed by atoms with Crippen molar-refractivity contribution >= 4 is 11.8 Å². The number of rotatable bonds is 9. The van der Waals surface area contributed by atoms with Crippen molar-refractivity contribution < 1.29 is 24.0 Å². The minimum atomic E-state index is -0.0225. The van der Waals surface area contributed by atoms with Gasteiger partial charge in [0.05, 0.1) is 32.8 Å². The lowest BCUT2D eigenvalue weighted by Gasteiger charge is -2.31. The summed E-state index contributed by atoms with van der Waals surface area (Å²) in [6, 6.07) is 17.9. The summed E-state index contributed by atoms with van der Waals surface area (Å²) >= 11 is 0. The first-order valence-corrected chi connectivity index (χ1v) is 10.3. The molecule has 7 nitrogen and oxygen atoms in total. The first kappa shape index (κ1) is 21.8. The molecule has 1 fully saturated rings. The molecule has 7 heteroatoms. The molecule has 0 radical (unpaired) electrons. The Kier molecular flexibility index (Phi) is 8.23. The summed E-state index contributed by atoms with van der Waals surface area (Å²) in [6.45, 7) is 4.28. The van der Waals surface area contributed by atoms with E-state index in [2.05, 4.69) is 17.4 Å². The standard InChI is InChI=1S/C23H29N3O4/c1-29-16-11-24-22(27)17-25-12-14-26(15-13-25)23(28)18-30-21-9-7-20(8-10-21)19-5-3-2-4-6-19/h2-10H,11-18H2,1H3,(H,24,27)/p+1. The summed E-state index contributed by atoms with van der Waals surface area (Å²) in [6.07, 6.45) is 0. The molecule has 0 spiro atoms. The number of hydrogen-bond donors (Lipinski definition) is 2. The van der Waals surface area contributed by atoms with Gasteiger partial charge < -0.3 is 24.6 Å². The molecule has 160 valence electrons. The summed E-state index contributed by atoms with van der Waals surface area (Å²) in [4.78, 5) is 27.3. The Balaban J connectivity index is 1.38. The fourth-order valence-corrected chi connectivity index (χ4v) is 3.44. The fraction of sp³-hybridized carbons (Fsp3) is 0.391. The van der Waals surface area contributed by atoms with Gasteiger partial charge in [-0.25, -0.2) is 0 Å². The van der Waals surface area contributed by atoms with Crippen molar-refractivity contribution in [1.82, 2.24) is 10.2 Å². The molecule has 30 heavy (non-hydrogen) atoms. The van der Waals surface area contributed by atoms with Gasteiger partial charge in [0.25, 0.3) is 11.8 Å². The first-order chi connectivity index (χ1) is 14.7. The van der Waals surface area contributed by atoms with Gasteiger partial charge in [-0.3, -0.25) is 9.59 Å². The van der Waals surface area contributed by atoms with Crippen molar-refractivity contribution in [2.24, 2.45) is 0 Å². The number of ether oxygens (including phenoxy) is 2. The van der Waals surface area contributed by atoms with E-state index < -0.39 is 0 Å². The van der Waals surface area contributed by atoms with Crippen LogP contribution in [0.4, 0.5) is 0 Å². The smallest absolute Gasteiger partial charge is 0.275 e. The van der Waals surface area contributed by atoms with E-state index >= 15 is 0 Å². The number of piperazine rings is 1. The molecular weight excluding hydrogens is 382 g/mol. The largest absolute Gasteiger partial charge is 0.484 e. The van der Waals surface area contributed by atoms with E-state index in [4.69, 9.17) is 9.47 Å². The van der Waals surface area contributed by atoms with Crippen molar-refractivity contribution in [3.63, 3.8) is 0 Å². The van der Waals surface area contributed by atoms with Crippen LogP contribution >= 0.6 is 0 Å². The van der Waals surface area contributed by atoms with Crippen LogP contribution in [0.25, 0.3) is 11.1 Å². The maximum Gasteiger partial charge on any atom is 0.275 e. The molecule has 2 aromatic carbocycles. The average molecular weight is 413 g/mol. The number of quaternary nitrogens is 1. The zero-order valence-corrected chi connectivity index (χ0v) is 17.4. The summed E-state index contributed by atoms with van der Waals surface area (Å²) in [5.41, 5.74) is 2.26. The third-order valence-corrected chi connectivity index (χ3v) is 5.19. The Morgan fingerprint density at radius 2 is 1.67 bits per heavy atom. The Morgan fingerprint density at radius 1 is 1.00 bits per heavy atom. The normalized spacial score (nSPS) is 14.4. The number of nitrogens with zero attached hydrogens (tertiary/aromatic N) is 1. The molecule has 1 heterocycles. The maximum absolute atomic E-state index is 12.5. The SMILES string of the molecule is COCCNC(=O)C[NH+]1CCN(C(=O)COc2ccc(-c3ccccc3)cc2)CC1. The fourth-order valence-electron chi connectivity index (χ4n) is 3.44. The van der Waals surface area contributed by atoms with Gasteiger partial charge in [0.2, 0.25) is 0 Å². The van der Waals surface area contributed by atoms with E-state index in [9.17, 15) is 9.59 Å². The van der Waals surface area contributed by atoms with Crippen molar-refractivity contribution in [2.75, 3.05) is 59.6 Å². The van der Waals surface area contributed by atoms with Gasteiger partial charge in [-0.2, -0.15) is 0 Å². The molecule has 2 amide bonds. The Bertz CT molecular complexity index is 803. The molecule has 1 saturated heterocycles. The molecule has 2 aromatic rings. The molecule has 0 unspecified atom stereocenters. The van der Waals surface area contributed by atoms with Crippen LogP contribution in [0, 0.1) is 0 Å². The quantitative estimate of drug-likeness (QED) is 0.578. The second-order valence-electron chi connectivity index (χ2n) is 7.33. The van der Waals surface area contributed by atoms with Crippen molar-refractivity contribution in [1.29, 1.82) is 0 Å². The van der Waals surface area contributed by atoms with Crippen LogP contribution in [0.5, 0.6) is 5.75 Å². The number of carbonyl (C=O) groups excluding carboxylic acids is 2. The molecule has 0 aliphatic carbocycles. The second-order valence-corrected chi connectivity index (χ2v) is 7.33. The van der Waals surface area contributed by atoms with E-state index in [-0.39, 0.29) is 18.4 Å². The van der Waals surface area contributed by atoms with E-state index in [0.717, 1.165) is 24.2 Å². The zero-order chi connectivity index (χ0) is 21.2. The predicted molar refractivity (Wildman–Crippen MR) is 114 cm³/mol. The van der Waals surface area contributed by atoms with Crippen LogP contribution < -0.4 is 15.0 Å². The Labute approximate surface area is 177 Å². The molecule has 0 atom stereocenters. The lowest BCUT2D eigenvalue weighted by atomic mass is 10.1. The minimum Gasteiger partial charge on any atom is -0.484 e. The predicted octanol–water partition coefficient (Wildman–Crippen LogP) is 0.222.